The molecule has 5 aromatic rings. The second-order valence-electron chi connectivity index (χ2n) is 14.4. The molecular formula is C42H45N7O4. The average Bonchev–Trinajstić information content (AvgIpc) is 3.67. The highest BCUT2D eigenvalue weighted by Gasteiger charge is 2.44. The lowest BCUT2D eigenvalue weighted by molar-refractivity contribution is -0.125. The zero-order valence-electron chi connectivity index (χ0n) is 30.0. The topological polar surface area (TPSA) is 124 Å². The van der Waals surface area contributed by atoms with Gasteiger partial charge in [-0.3, -0.25) is 29.3 Å². The van der Waals surface area contributed by atoms with Gasteiger partial charge in [-0.05, 0) is 100.0 Å². The number of allylic oxidation sites excluding steroid dienone is 1. The summed E-state index contributed by atoms with van der Waals surface area (Å²) in [6, 6.07) is 17.1. The molecule has 1 unspecified atom stereocenters. The van der Waals surface area contributed by atoms with Gasteiger partial charge in [-0.25, -0.2) is 0 Å². The summed E-state index contributed by atoms with van der Waals surface area (Å²) in [4.78, 5) is 57.3. The fraction of sp³-hybridized carbons (Fsp3) is 0.357. The van der Waals surface area contributed by atoms with E-state index in [1.54, 1.807) is 18.2 Å². The van der Waals surface area contributed by atoms with Crippen LogP contribution in [0.5, 0.6) is 5.75 Å². The number of aryl methyl sites for hydroxylation is 1. The third-order valence-electron chi connectivity index (χ3n) is 10.8. The first kappa shape index (κ1) is 34.7. The Morgan fingerprint density at radius 1 is 0.774 bits per heavy atom. The van der Waals surface area contributed by atoms with Crippen molar-refractivity contribution in [1.82, 2.24) is 35.0 Å². The standard InChI is InChI=1S/C42H45N7O4/c1-28-7-14-39(40(50)45-28)49-41(51)34-13-11-32(25-35(34)42(49)52)53-23-4-2-3-17-47-19-21-48(22-20-47)18-5-6-31-10-8-30(26-44-31)29-9-12-33-36-27-43-16-15-37(36)46-38(33)24-29/h8-13,15-16,24-27,39,46H,1-7,14,17-23H2,(H,45,50). The maximum absolute atomic E-state index is 13.1. The van der Waals surface area contributed by atoms with E-state index in [2.05, 4.69) is 62.0 Å². The van der Waals surface area contributed by atoms with E-state index in [1.165, 1.54) is 5.39 Å². The highest BCUT2D eigenvalue weighted by molar-refractivity contribution is 6.23. The largest absolute Gasteiger partial charge is 0.494 e. The summed E-state index contributed by atoms with van der Waals surface area (Å²) in [6.45, 7) is 10.9. The van der Waals surface area contributed by atoms with Crippen molar-refractivity contribution in [2.45, 2.75) is 51.0 Å². The van der Waals surface area contributed by atoms with Crippen LogP contribution in [0.25, 0.3) is 32.9 Å². The molecule has 53 heavy (non-hydrogen) atoms. The number of benzene rings is 2. The van der Waals surface area contributed by atoms with Gasteiger partial charge in [-0.15, -0.1) is 0 Å². The van der Waals surface area contributed by atoms with Crippen LogP contribution in [0.3, 0.4) is 0 Å². The summed E-state index contributed by atoms with van der Waals surface area (Å²) in [7, 11) is 0. The Morgan fingerprint density at radius 2 is 1.57 bits per heavy atom. The second-order valence-corrected chi connectivity index (χ2v) is 14.4. The molecular weight excluding hydrogens is 667 g/mol. The Morgan fingerprint density at radius 3 is 2.36 bits per heavy atom. The fourth-order valence-corrected chi connectivity index (χ4v) is 7.81. The number of nitrogens with zero attached hydrogens (tertiary/aromatic N) is 5. The Kier molecular flexibility index (Phi) is 10.0. The average molecular weight is 712 g/mol. The first-order valence-corrected chi connectivity index (χ1v) is 18.8. The van der Waals surface area contributed by atoms with Crippen molar-refractivity contribution in [1.29, 1.82) is 0 Å². The fourth-order valence-electron chi connectivity index (χ4n) is 7.81. The molecule has 1 atom stereocenters. The van der Waals surface area contributed by atoms with Gasteiger partial charge in [0, 0.05) is 83.5 Å². The SMILES string of the molecule is C=C1CCC(N2C(=O)c3ccc(OCCCCCN4CCN(CCCc5ccc(-c6ccc7c(c6)[nH]c6ccncc67)cn5)CC4)cc3C2=O)C(=O)N1. The van der Waals surface area contributed by atoms with Crippen LogP contribution in [0.1, 0.15) is 64.9 Å². The van der Waals surface area contributed by atoms with E-state index in [1.807, 2.05) is 24.7 Å². The normalized spacial score (nSPS) is 18.3. The summed E-state index contributed by atoms with van der Waals surface area (Å²) >= 11 is 0. The molecule has 3 amide bonds. The molecule has 0 bridgehead atoms. The number of imide groups is 1. The zero-order valence-corrected chi connectivity index (χ0v) is 30.0. The van der Waals surface area contributed by atoms with Crippen LogP contribution in [0, 0.1) is 0 Å². The van der Waals surface area contributed by atoms with Crippen LogP contribution in [-0.2, 0) is 11.2 Å². The van der Waals surface area contributed by atoms with Crippen molar-refractivity contribution in [2.24, 2.45) is 0 Å². The number of rotatable bonds is 13. The van der Waals surface area contributed by atoms with E-state index < -0.39 is 17.9 Å². The molecule has 2 saturated heterocycles. The van der Waals surface area contributed by atoms with Crippen LogP contribution in [0.2, 0.25) is 0 Å². The number of piperidine rings is 1. The predicted molar refractivity (Wildman–Crippen MR) is 205 cm³/mol. The molecule has 0 spiro atoms. The number of aromatic nitrogens is 3. The van der Waals surface area contributed by atoms with Gasteiger partial charge in [-0.2, -0.15) is 0 Å². The molecule has 8 rings (SSSR count). The monoisotopic (exact) mass is 711 g/mol. The Bertz CT molecular complexity index is 2170. The van der Waals surface area contributed by atoms with Crippen LogP contribution in [0.15, 0.2) is 85.5 Å². The molecule has 11 heteroatoms. The molecule has 3 aromatic heterocycles. The lowest BCUT2D eigenvalue weighted by Gasteiger charge is -2.34. The minimum Gasteiger partial charge on any atom is -0.494 e. The molecule has 2 aromatic carbocycles. The van der Waals surface area contributed by atoms with E-state index >= 15 is 0 Å². The minimum atomic E-state index is -0.814. The van der Waals surface area contributed by atoms with Crippen molar-refractivity contribution in [3.05, 3.63) is 102 Å². The van der Waals surface area contributed by atoms with E-state index in [0.717, 1.165) is 110 Å². The number of pyridine rings is 2. The van der Waals surface area contributed by atoms with Crippen LogP contribution >= 0.6 is 0 Å². The van der Waals surface area contributed by atoms with Gasteiger partial charge in [0.05, 0.1) is 17.7 Å². The molecule has 0 radical (unpaired) electrons. The van der Waals surface area contributed by atoms with Crippen LogP contribution in [-0.4, -0.2) is 99.3 Å². The van der Waals surface area contributed by atoms with Gasteiger partial charge >= 0.3 is 0 Å². The van der Waals surface area contributed by atoms with Gasteiger partial charge < -0.3 is 24.8 Å². The second kappa shape index (κ2) is 15.3. The number of hydrogen-bond donors (Lipinski definition) is 2. The third kappa shape index (κ3) is 7.45. The van der Waals surface area contributed by atoms with Crippen molar-refractivity contribution in [3.63, 3.8) is 0 Å². The maximum Gasteiger partial charge on any atom is 0.262 e. The molecule has 272 valence electrons. The number of carbonyl (C=O) groups excluding carboxylic acids is 3. The first-order chi connectivity index (χ1) is 25.9. The number of unbranched alkanes of at least 4 members (excludes halogenated alkanes) is 2. The summed E-state index contributed by atoms with van der Waals surface area (Å²) < 4.78 is 5.96. The van der Waals surface area contributed by atoms with Gasteiger partial charge in [0.2, 0.25) is 5.91 Å². The van der Waals surface area contributed by atoms with Crippen LogP contribution in [0.4, 0.5) is 0 Å². The highest BCUT2D eigenvalue weighted by Crippen LogP contribution is 2.32. The van der Waals surface area contributed by atoms with Gasteiger partial charge in [0.1, 0.15) is 11.8 Å². The number of amides is 3. The smallest absolute Gasteiger partial charge is 0.262 e. The maximum atomic E-state index is 13.1. The molecule has 2 N–H and O–H groups in total. The molecule has 6 heterocycles. The van der Waals surface area contributed by atoms with Gasteiger partial charge in [0.15, 0.2) is 0 Å². The molecule has 11 nitrogen and oxygen atoms in total. The molecule has 3 aliphatic rings. The number of aromatic amines is 1. The van der Waals surface area contributed by atoms with E-state index in [9.17, 15) is 14.4 Å². The quantitative estimate of drug-likeness (QED) is 0.113. The van der Waals surface area contributed by atoms with Crippen molar-refractivity contribution in [3.8, 4) is 16.9 Å². The lowest BCUT2D eigenvalue weighted by atomic mass is 10.0. The third-order valence-corrected chi connectivity index (χ3v) is 10.8. The Balaban J connectivity index is 0.707. The number of hydrogen-bond acceptors (Lipinski definition) is 8. The molecule has 3 aliphatic heterocycles. The summed E-state index contributed by atoms with van der Waals surface area (Å²) in [5, 5.41) is 5.00. The molecule has 0 aliphatic carbocycles. The number of ether oxygens (including phenoxy) is 1. The number of H-pyrrole nitrogens is 1. The number of fused-ring (bicyclic) bond motifs is 4. The number of nitrogens with one attached hydrogen (secondary N) is 2. The highest BCUT2D eigenvalue weighted by atomic mass is 16.5. The van der Waals surface area contributed by atoms with Crippen molar-refractivity contribution < 1.29 is 19.1 Å². The number of carbonyl (C=O) groups is 3. The van der Waals surface area contributed by atoms with Gasteiger partial charge in [-0.1, -0.05) is 24.8 Å². The van der Waals surface area contributed by atoms with E-state index in [-0.39, 0.29) is 5.91 Å². The summed E-state index contributed by atoms with van der Waals surface area (Å²) in [5.41, 5.74) is 6.85. The molecule has 0 saturated carbocycles. The first-order valence-electron chi connectivity index (χ1n) is 18.8. The van der Waals surface area contributed by atoms with E-state index in [4.69, 9.17) is 9.72 Å². The predicted octanol–water partition coefficient (Wildman–Crippen LogP) is 5.97. The number of piperazine rings is 1. The lowest BCUT2D eigenvalue weighted by Crippen LogP contribution is -2.51. The summed E-state index contributed by atoms with van der Waals surface area (Å²) in [6.07, 6.45) is 11.8. The van der Waals surface area contributed by atoms with Crippen LogP contribution < -0.4 is 10.1 Å². The summed E-state index contributed by atoms with van der Waals surface area (Å²) in [5.74, 6) is -0.676. The Labute approximate surface area is 309 Å². The van der Waals surface area contributed by atoms with E-state index in [0.29, 0.717) is 42.0 Å². The Hall–Kier alpha value is -5.39. The zero-order chi connectivity index (χ0) is 36.3. The van der Waals surface area contributed by atoms with Crippen molar-refractivity contribution >= 4 is 39.5 Å². The minimum absolute atomic E-state index is 0.296. The van der Waals surface area contributed by atoms with Gasteiger partial charge in [0.25, 0.3) is 11.8 Å². The van der Waals surface area contributed by atoms with Crippen molar-refractivity contribution in [2.75, 3.05) is 45.9 Å². The molecule has 2 fully saturated rings.